The number of hydrogen-bond donors (Lipinski definition) is 2. The van der Waals surface area contributed by atoms with Crippen LogP contribution in [0.2, 0.25) is 5.02 Å². The van der Waals surface area contributed by atoms with Crippen LogP contribution in [0.1, 0.15) is 35.5 Å². The highest BCUT2D eigenvalue weighted by atomic mass is 35.5. The molecule has 6 heteroatoms. The van der Waals surface area contributed by atoms with Gasteiger partial charge in [-0.1, -0.05) is 29.8 Å². The van der Waals surface area contributed by atoms with Crippen molar-refractivity contribution >= 4 is 17.5 Å². The SMILES string of the molecule is CO[C@H](c1ccccc1Cl)[C@H](C)NC(=O)Cc1c(C)n[nH]c1C. The number of ether oxygens (including phenoxy) is 1. The van der Waals surface area contributed by atoms with Crippen LogP contribution in [-0.4, -0.2) is 29.3 Å². The fourth-order valence-electron chi connectivity index (χ4n) is 2.68. The fourth-order valence-corrected chi connectivity index (χ4v) is 2.93. The summed E-state index contributed by atoms with van der Waals surface area (Å²) in [5, 5.41) is 10.6. The molecule has 0 saturated heterocycles. The van der Waals surface area contributed by atoms with Crippen LogP contribution in [0.15, 0.2) is 24.3 Å². The second-order valence-corrected chi connectivity index (χ2v) is 6.03. The number of nitrogens with zero attached hydrogens (tertiary/aromatic N) is 1. The molecule has 1 amide bonds. The molecule has 0 aliphatic carbocycles. The van der Waals surface area contributed by atoms with Crippen LogP contribution in [-0.2, 0) is 16.0 Å². The molecule has 1 aromatic heterocycles. The van der Waals surface area contributed by atoms with Crippen LogP contribution in [0.3, 0.4) is 0 Å². The van der Waals surface area contributed by atoms with E-state index in [4.69, 9.17) is 16.3 Å². The predicted octanol–water partition coefficient (Wildman–Crippen LogP) is 3.11. The summed E-state index contributed by atoms with van der Waals surface area (Å²) in [5.41, 5.74) is 3.56. The highest BCUT2D eigenvalue weighted by molar-refractivity contribution is 6.31. The van der Waals surface area contributed by atoms with E-state index in [1.165, 1.54) is 0 Å². The zero-order valence-corrected chi connectivity index (χ0v) is 14.6. The van der Waals surface area contributed by atoms with Gasteiger partial charge in [-0.3, -0.25) is 9.89 Å². The van der Waals surface area contributed by atoms with Gasteiger partial charge in [0.1, 0.15) is 6.10 Å². The number of nitrogens with one attached hydrogen (secondary N) is 2. The molecular weight excluding hydrogens is 314 g/mol. The number of halogens is 1. The van der Waals surface area contributed by atoms with Crippen molar-refractivity contribution in [1.82, 2.24) is 15.5 Å². The average Bonchev–Trinajstić information content (AvgIpc) is 2.81. The van der Waals surface area contributed by atoms with Gasteiger partial charge in [0.05, 0.1) is 18.2 Å². The van der Waals surface area contributed by atoms with Crippen LogP contribution in [0.5, 0.6) is 0 Å². The summed E-state index contributed by atoms with van der Waals surface area (Å²) in [6.07, 6.45) is -0.0172. The number of hydrogen-bond acceptors (Lipinski definition) is 3. The molecule has 0 bridgehead atoms. The molecule has 0 aliphatic heterocycles. The van der Waals surface area contributed by atoms with Crippen LogP contribution < -0.4 is 5.32 Å². The Bertz CT molecular complexity index is 665. The predicted molar refractivity (Wildman–Crippen MR) is 90.6 cm³/mol. The molecule has 2 N–H and O–H groups in total. The molecule has 0 aliphatic rings. The Balaban J connectivity index is 2.06. The van der Waals surface area contributed by atoms with Crippen molar-refractivity contribution in [2.45, 2.75) is 39.3 Å². The molecule has 124 valence electrons. The third-order valence-electron chi connectivity index (χ3n) is 3.93. The number of aryl methyl sites for hydroxylation is 2. The van der Waals surface area contributed by atoms with E-state index in [2.05, 4.69) is 15.5 Å². The summed E-state index contributed by atoms with van der Waals surface area (Å²) in [5.74, 6) is -0.0702. The van der Waals surface area contributed by atoms with E-state index in [0.29, 0.717) is 5.02 Å². The van der Waals surface area contributed by atoms with Gasteiger partial charge in [0.25, 0.3) is 0 Å². The lowest BCUT2D eigenvalue weighted by atomic mass is 10.0. The van der Waals surface area contributed by atoms with Crippen molar-refractivity contribution in [1.29, 1.82) is 0 Å². The topological polar surface area (TPSA) is 67.0 Å². The number of benzene rings is 1. The Hall–Kier alpha value is -1.85. The first-order valence-corrected chi connectivity index (χ1v) is 7.88. The lowest BCUT2D eigenvalue weighted by Gasteiger charge is -2.25. The first-order valence-electron chi connectivity index (χ1n) is 7.51. The standard InChI is InChI=1S/C17H22ClN3O2/c1-10-14(11(2)21-20-10)9-16(22)19-12(3)17(23-4)13-7-5-6-8-15(13)18/h5-8,12,17H,9H2,1-4H3,(H,19,22)(H,20,21)/t12-,17-/m0/s1. The number of rotatable bonds is 6. The number of amides is 1. The second-order valence-electron chi connectivity index (χ2n) is 5.62. The third-order valence-corrected chi connectivity index (χ3v) is 4.27. The Morgan fingerprint density at radius 3 is 2.65 bits per heavy atom. The van der Waals surface area contributed by atoms with Crippen molar-refractivity contribution in [3.63, 3.8) is 0 Å². The number of carbonyl (C=O) groups excluding carboxylic acids is 1. The van der Waals surface area contributed by atoms with Gasteiger partial charge in [-0.2, -0.15) is 5.10 Å². The summed E-state index contributed by atoms with van der Waals surface area (Å²) < 4.78 is 5.54. The van der Waals surface area contributed by atoms with Gasteiger partial charge in [0, 0.05) is 29.0 Å². The molecule has 2 aromatic rings. The molecule has 0 saturated carbocycles. The number of carbonyl (C=O) groups is 1. The van der Waals surface area contributed by atoms with Crippen LogP contribution in [0, 0.1) is 13.8 Å². The molecule has 0 unspecified atom stereocenters. The van der Waals surface area contributed by atoms with Gasteiger partial charge < -0.3 is 10.1 Å². The maximum atomic E-state index is 12.3. The summed E-state index contributed by atoms with van der Waals surface area (Å²) >= 11 is 6.23. The normalized spacial score (nSPS) is 13.6. The van der Waals surface area contributed by atoms with E-state index < -0.39 is 0 Å². The van der Waals surface area contributed by atoms with E-state index in [-0.39, 0.29) is 24.5 Å². The summed E-state index contributed by atoms with van der Waals surface area (Å²) in [6, 6.07) is 7.28. The lowest BCUT2D eigenvalue weighted by Crippen LogP contribution is -2.38. The van der Waals surface area contributed by atoms with E-state index in [1.807, 2.05) is 45.0 Å². The van der Waals surface area contributed by atoms with Gasteiger partial charge in [0.15, 0.2) is 0 Å². The van der Waals surface area contributed by atoms with E-state index in [0.717, 1.165) is 22.5 Å². The molecule has 0 spiro atoms. The average molecular weight is 336 g/mol. The molecule has 2 atom stereocenters. The second kappa shape index (κ2) is 7.62. The van der Waals surface area contributed by atoms with E-state index in [9.17, 15) is 4.79 Å². The lowest BCUT2D eigenvalue weighted by molar-refractivity contribution is -0.122. The molecule has 0 radical (unpaired) electrons. The fraction of sp³-hybridized carbons (Fsp3) is 0.412. The minimum absolute atomic E-state index is 0.0702. The highest BCUT2D eigenvalue weighted by Crippen LogP contribution is 2.27. The van der Waals surface area contributed by atoms with Gasteiger partial charge >= 0.3 is 0 Å². The number of aromatic amines is 1. The molecule has 1 aromatic carbocycles. The van der Waals surface area contributed by atoms with Crippen molar-refractivity contribution in [2.75, 3.05) is 7.11 Å². The van der Waals surface area contributed by atoms with Crippen molar-refractivity contribution in [2.24, 2.45) is 0 Å². The van der Waals surface area contributed by atoms with Crippen molar-refractivity contribution in [3.05, 3.63) is 51.8 Å². The number of H-pyrrole nitrogens is 1. The number of aromatic nitrogens is 2. The largest absolute Gasteiger partial charge is 0.375 e. The molecule has 0 fully saturated rings. The third kappa shape index (κ3) is 4.12. The molecular formula is C17H22ClN3O2. The minimum atomic E-state index is -0.306. The van der Waals surface area contributed by atoms with Crippen molar-refractivity contribution in [3.8, 4) is 0 Å². The maximum Gasteiger partial charge on any atom is 0.224 e. The highest BCUT2D eigenvalue weighted by Gasteiger charge is 2.23. The van der Waals surface area contributed by atoms with Crippen molar-refractivity contribution < 1.29 is 9.53 Å². The van der Waals surface area contributed by atoms with Crippen LogP contribution in [0.25, 0.3) is 0 Å². The summed E-state index contributed by atoms with van der Waals surface area (Å²) in [4.78, 5) is 12.3. The van der Waals surface area contributed by atoms with E-state index in [1.54, 1.807) is 7.11 Å². The smallest absolute Gasteiger partial charge is 0.224 e. The van der Waals surface area contributed by atoms with Gasteiger partial charge in [0.2, 0.25) is 5.91 Å². The monoisotopic (exact) mass is 335 g/mol. The van der Waals surface area contributed by atoms with E-state index >= 15 is 0 Å². The molecule has 2 rings (SSSR count). The molecule has 23 heavy (non-hydrogen) atoms. The van der Waals surface area contributed by atoms with Crippen LogP contribution >= 0.6 is 11.6 Å². The quantitative estimate of drug-likeness (QED) is 0.852. The Morgan fingerprint density at radius 2 is 2.09 bits per heavy atom. The zero-order valence-electron chi connectivity index (χ0n) is 13.8. The zero-order chi connectivity index (χ0) is 17.0. The first kappa shape index (κ1) is 17.5. The number of methoxy groups -OCH3 is 1. The Labute approximate surface area is 141 Å². The van der Waals surface area contributed by atoms with Crippen LogP contribution in [0.4, 0.5) is 0 Å². The summed E-state index contributed by atoms with van der Waals surface area (Å²) in [6.45, 7) is 5.70. The maximum absolute atomic E-state index is 12.3. The minimum Gasteiger partial charge on any atom is -0.375 e. The summed E-state index contributed by atoms with van der Waals surface area (Å²) in [7, 11) is 1.61. The Morgan fingerprint density at radius 1 is 1.39 bits per heavy atom. The van der Waals surface area contributed by atoms with Gasteiger partial charge in [-0.25, -0.2) is 0 Å². The first-order chi connectivity index (χ1) is 10.9. The molecule has 1 heterocycles. The van der Waals surface area contributed by atoms with Gasteiger partial charge in [-0.15, -0.1) is 0 Å². The Kier molecular flexibility index (Phi) is 5.80. The van der Waals surface area contributed by atoms with Gasteiger partial charge in [-0.05, 0) is 26.8 Å². The molecule has 5 nitrogen and oxygen atoms in total.